The minimum Gasteiger partial charge on any atom is -0.379 e. The fraction of sp³-hybridized carbons (Fsp3) is 0.871. The Labute approximate surface area is 254 Å². The molecule has 4 amide bonds. The van der Waals surface area contributed by atoms with Crippen molar-refractivity contribution in [3.05, 3.63) is 0 Å². The van der Waals surface area contributed by atoms with Crippen LogP contribution in [0.3, 0.4) is 0 Å². The highest BCUT2D eigenvalue weighted by atomic mass is 16.5. The summed E-state index contributed by atoms with van der Waals surface area (Å²) in [5.74, 6) is -1.60. The monoisotopic (exact) mass is 597 g/mol. The molecule has 1 unspecified atom stereocenters. The zero-order valence-corrected chi connectivity index (χ0v) is 28.2. The van der Waals surface area contributed by atoms with Gasteiger partial charge in [0.2, 0.25) is 23.6 Å². The Bertz CT molecular complexity index is 889. The molecule has 244 valence electrons. The van der Waals surface area contributed by atoms with Gasteiger partial charge in [-0.25, -0.2) is 0 Å². The lowest BCUT2D eigenvalue weighted by Crippen LogP contribution is -2.59. The first-order chi connectivity index (χ1) is 19.5. The molecule has 11 heteroatoms. The summed E-state index contributed by atoms with van der Waals surface area (Å²) in [6, 6.07) is -1.78. The minimum absolute atomic E-state index is 0.0152. The normalized spacial score (nSPS) is 20.6. The molecule has 11 nitrogen and oxygen atoms in total. The number of primary amides is 1. The third kappa shape index (κ3) is 9.38. The molecule has 1 aliphatic rings. The van der Waals surface area contributed by atoms with Gasteiger partial charge in [0.05, 0.1) is 42.7 Å². The number of nitrogens with one attached hydrogen (secondary N) is 1. The smallest absolute Gasteiger partial charge is 0.245 e. The molecule has 0 saturated carbocycles. The number of methoxy groups -OCH3 is 2. The zero-order valence-electron chi connectivity index (χ0n) is 28.2. The van der Waals surface area contributed by atoms with Crippen molar-refractivity contribution in [3.8, 4) is 0 Å². The number of ether oxygens (including phenoxy) is 2. The molecular formula is C31H59N5O6. The van der Waals surface area contributed by atoms with Crippen molar-refractivity contribution in [1.29, 1.82) is 0 Å². The number of likely N-dealkylation sites (tertiary alicyclic amines) is 1. The average Bonchev–Trinajstić information content (AvgIpc) is 3.39. The maximum absolute atomic E-state index is 14.0. The summed E-state index contributed by atoms with van der Waals surface area (Å²) in [5, 5.41) is 3.02. The highest BCUT2D eigenvalue weighted by Crippen LogP contribution is 2.29. The molecule has 0 radical (unpaired) electrons. The predicted molar refractivity (Wildman–Crippen MR) is 164 cm³/mol. The lowest BCUT2D eigenvalue weighted by atomic mass is 9.89. The van der Waals surface area contributed by atoms with Gasteiger partial charge in [-0.1, -0.05) is 54.9 Å². The van der Waals surface area contributed by atoms with Gasteiger partial charge in [0, 0.05) is 27.8 Å². The van der Waals surface area contributed by atoms with Gasteiger partial charge in [0.15, 0.2) is 0 Å². The second kappa shape index (κ2) is 17.2. The summed E-state index contributed by atoms with van der Waals surface area (Å²) >= 11 is 0. The van der Waals surface area contributed by atoms with E-state index >= 15 is 0 Å². The van der Waals surface area contributed by atoms with Crippen LogP contribution < -0.4 is 11.1 Å². The Morgan fingerprint density at radius 2 is 1.57 bits per heavy atom. The highest BCUT2D eigenvalue weighted by Gasteiger charge is 2.42. The van der Waals surface area contributed by atoms with Crippen molar-refractivity contribution in [1.82, 2.24) is 20.0 Å². The van der Waals surface area contributed by atoms with Gasteiger partial charge in [0.1, 0.15) is 6.04 Å². The molecule has 1 rings (SSSR count). The molecule has 1 saturated heterocycles. The van der Waals surface area contributed by atoms with E-state index in [4.69, 9.17) is 15.2 Å². The molecular weight excluding hydrogens is 538 g/mol. The van der Waals surface area contributed by atoms with Crippen LogP contribution in [0.15, 0.2) is 0 Å². The predicted octanol–water partition coefficient (Wildman–Crippen LogP) is 2.12. The maximum Gasteiger partial charge on any atom is 0.245 e. The topological polar surface area (TPSA) is 135 Å². The molecule has 0 spiro atoms. The first-order valence-electron chi connectivity index (χ1n) is 15.4. The van der Waals surface area contributed by atoms with Gasteiger partial charge in [-0.2, -0.15) is 0 Å². The summed E-state index contributed by atoms with van der Waals surface area (Å²) in [6.07, 6.45) is 1.26. The van der Waals surface area contributed by atoms with E-state index in [9.17, 15) is 19.2 Å². The van der Waals surface area contributed by atoms with E-state index in [1.54, 1.807) is 30.9 Å². The minimum atomic E-state index is -0.732. The molecule has 1 aliphatic heterocycles. The number of hydrogen-bond acceptors (Lipinski definition) is 7. The van der Waals surface area contributed by atoms with Crippen LogP contribution in [0.25, 0.3) is 0 Å². The van der Waals surface area contributed by atoms with Gasteiger partial charge < -0.3 is 30.3 Å². The van der Waals surface area contributed by atoms with Crippen molar-refractivity contribution in [2.75, 3.05) is 41.9 Å². The third-order valence-electron chi connectivity index (χ3n) is 8.98. The average molecular weight is 598 g/mol. The molecule has 1 heterocycles. The van der Waals surface area contributed by atoms with Gasteiger partial charge in [0.25, 0.3) is 0 Å². The Kier molecular flexibility index (Phi) is 15.4. The number of carbonyl (C=O) groups excluding carboxylic acids is 4. The van der Waals surface area contributed by atoms with E-state index in [0.29, 0.717) is 13.0 Å². The molecule has 0 aromatic carbocycles. The standard InChI is InChI=1S/C31H59N5O6/c1-13-20(6)27(35(10)31(40)25(18(2)3)33-30(39)26(19(4)5)34(8)9)23(41-11)17-24(37)36-16-14-15-22(36)28(42-12)21(7)29(32)38/h18-23,25-28H,13-17H2,1-12H3,(H2,32,38)(H,33,39)/t20-,21+,22-,23+,25-,26-,27?,28+/m0/s1. The Morgan fingerprint density at radius 3 is 2.00 bits per heavy atom. The van der Waals surface area contributed by atoms with Gasteiger partial charge in [-0.3, -0.25) is 24.1 Å². The first-order valence-corrected chi connectivity index (χ1v) is 15.4. The molecule has 1 fully saturated rings. The fourth-order valence-electron chi connectivity index (χ4n) is 6.42. The fourth-order valence-corrected chi connectivity index (χ4v) is 6.42. The zero-order chi connectivity index (χ0) is 32.5. The molecule has 0 aromatic heterocycles. The summed E-state index contributed by atoms with van der Waals surface area (Å²) in [7, 11) is 8.55. The summed E-state index contributed by atoms with van der Waals surface area (Å²) < 4.78 is 11.6. The number of hydrogen-bond donors (Lipinski definition) is 2. The van der Waals surface area contributed by atoms with Crippen molar-refractivity contribution < 1.29 is 28.7 Å². The Hall–Kier alpha value is -2.24. The molecule has 0 aliphatic carbocycles. The summed E-state index contributed by atoms with van der Waals surface area (Å²) in [4.78, 5) is 58.3. The van der Waals surface area contributed by atoms with Crippen LogP contribution in [0.4, 0.5) is 0 Å². The lowest BCUT2D eigenvalue weighted by molar-refractivity contribution is -0.147. The number of rotatable bonds is 17. The number of carbonyl (C=O) groups is 4. The van der Waals surface area contributed by atoms with Gasteiger partial charge in [-0.05, 0) is 44.7 Å². The van der Waals surface area contributed by atoms with Crippen LogP contribution in [-0.4, -0.2) is 117 Å². The van der Waals surface area contributed by atoms with Crippen LogP contribution >= 0.6 is 0 Å². The SMILES string of the molecule is CC[C@H](C)C([C@@H](CC(=O)N1CCC[C@H]1[C@H](OC)[C@@H](C)C(N)=O)OC)N(C)C(=O)[C@@H](NC(=O)[C@H](C(C)C)N(C)C)C(C)C. The van der Waals surface area contributed by atoms with Crippen LogP contribution in [0, 0.1) is 23.7 Å². The highest BCUT2D eigenvalue weighted by molar-refractivity contribution is 5.90. The molecule has 3 N–H and O–H groups in total. The van der Waals surface area contributed by atoms with Crippen molar-refractivity contribution in [2.45, 2.75) is 111 Å². The number of nitrogens with two attached hydrogens (primary N) is 1. The molecule has 8 atom stereocenters. The third-order valence-corrected chi connectivity index (χ3v) is 8.98. The van der Waals surface area contributed by atoms with E-state index in [0.717, 1.165) is 12.8 Å². The molecule has 0 bridgehead atoms. The van der Waals surface area contributed by atoms with Crippen LogP contribution in [-0.2, 0) is 28.7 Å². The largest absolute Gasteiger partial charge is 0.379 e. The number of likely N-dealkylation sites (N-methyl/N-ethyl adjacent to an activating group) is 2. The van der Waals surface area contributed by atoms with Crippen molar-refractivity contribution in [3.63, 3.8) is 0 Å². The van der Waals surface area contributed by atoms with E-state index in [-0.39, 0.29) is 54.0 Å². The van der Waals surface area contributed by atoms with Crippen molar-refractivity contribution >= 4 is 23.6 Å². The maximum atomic E-state index is 14.0. The van der Waals surface area contributed by atoms with E-state index in [1.165, 1.54) is 7.11 Å². The van der Waals surface area contributed by atoms with E-state index in [1.807, 2.05) is 60.5 Å². The Balaban J connectivity index is 3.26. The second-order valence-electron chi connectivity index (χ2n) is 12.9. The summed E-state index contributed by atoms with van der Waals surface area (Å²) in [5.41, 5.74) is 5.57. The number of amides is 4. The lowest BCUT2D eigenvalue weighted by Gasteiger charge is -2.41. The van der Waals surface area contributed by atoms with Gasteiger partial charge >= 0.3 is 0 Å². The second-order valence-corrected chi connectivity index (χ2v) is 12.9. The molecule has 42 heavy (non-hydrogen) atoms. The van der Waals surface area contributed by atoms with Gasteiger partial charge in [-0.15, -0.1) is 0 Å². The van der Waals surface area contributed by atoms with E-state index < -0.39 is 36.1 Å². The van der Waals surface area contributed by atoms with Crippen molar-refractivity contribution in [2.24, 2.45) is 29.4 Å². The first kappa shape index (κ1) is 37.8. The quantitative estimate of drug-likeness (QED) is 0.262. The number of nitrogens with zero attached hydrogens (tertiary/aromatic N) is 3. The van der Waals surface area contributed by atoms with Crippen LogP contribution in [0.5, 0.6) is 0 Å². The summed E-state index contributed by atoms with van der Waals surface area (Å²) in [6.45, 7) is 14.2. The van der Waals surface area contributed by atoms with Crippen LogP contribution in [0.1, 0.15) is 74.1 Å². The van der Waals surface area contributed by atoms with Crippen LogP contribution in [0.2, 0.25) is 0 Å². The van der Waals surface area contributed by atoms with E-state index in [2.05, 4.69) is 5.32 Å². The molecule has 0 aromatic rings. The Morgan fingerprint density at radius 1 is 0.976 bits per heavy atom.